The molecule has 2 aromatic rings. The first-order valence-corrected chi connectivity index (χ1v) is 6.19. The second-order valence-corrected chi connectivity index (χ2v) is 4.63. The van der Waals surface area contributed by atoms with Gasteiger partial charge in [0.05, 0.1) is 18.0 Å². The van der Waals surface area contributed by atoms with Crippen LogP contribution in [0.5, 0.6) is 5.88 Å². The number of hydrogen-bond acceptors (Lipinski definition) is 5. The second-order valence-electron chi connectivity index (χ2n) is 4.63. The number of rotatable bonds is 5. The van der Waals surface area contributed by atoms with Crippen LogP contribution in [0.1, 0.15) is 19.4 Å². The van der Waals surface area contributed by atoms with Crippen molar-refractivity contribution in [3.63, 3.8) is 0 Å². The molecule has 0 amide bonds. The van der Waals surface area contributed by atoms with E-state index in [2.05, 4.69) is 15.4 Å². The average molecular weight is 261 g/mol. The van der Waals surface area contributed by atoms with Crippen molar-refractivity contribution in [2.75, 3.05) is 11.1 Å². The number of nitrogens with two attached hydrogens (primary N) is 1. The van der Waals surface area contributed by atoms with Crippen molar-refractivity contribution >= 4 is 11.5 Å². The molecule has 6 nitrogen and oxygen atoms in total. The van der Waals surface area contributed by atoms with Gasteiger partial charge in [-0.05, 0) is 26.0 Å². The Kier molecular flexibility index (Phi) is 3.89. The summed E-state index contributed by atoms with van der Waals surface area (Å²) in [7, 11) is 1.89. The van der Waals surface area contributed by atoms with Crippen LogP contribution in [-0.2, 0) is 13.6 Å². The fraction of sp³-hybridized carbons (Fsp3) is 0.385. The van der Waals surface area contributed by atoms with Gasteiger partial charge in [-0.1, -0.05) is 0 Å². The Balaban J connectivity index is 2.04. The molecule has 0 atom stereocenters. The molecule has 0 saturated carbocycles. The highest BCUT2D eigenvalue weighted by Crippen LogP contribution is 2.22. The molecule has 0 aliphatic heterocycles. The molecule has 19 heavy (non-hydrogen) atoms. The predicted molar refractivity (Wildman–Crippen MR) is 74.9 cm³/mol. The van der Waals surface area contributed by atoms with Crippen LogP contribution in [0.25, 0.3) is 0 Å². The SMILES string of the molecule is CC(C)Oc1nc(NCc2cnn(C)c2)ccc1N. The van der Waals surface area contributed by atoms with Crippen molar-refractivity contribution < 1.29 is 4.74 Å². The third-order valence-electron chi connectivity index (χ3n) is 2.47. The van der Waals surface area contributed by atoms with Gasteiger partial charge in [0, 0.05) is 25.4 Å². The Morgan fingerprint density at radius 3 is 2.84 bits per heavy atom. The van der Waals surface area contributed by atoms with Crippen LogP contribution in [0.2, 0.25) is 0 Å². The van der Waals surface area contributed by atoms with Gasteiger partial charge in [-0.3, -0.25) is 4.68 Å². The Bertz CT molecular complexity index is 550. The highest BCUT2D eigenvalue weighted by Gasteiger charge is 2.06. The molecule has 2 rings (SSSR count). The highest BCUT2D eigenvalue weighted by atomic mass is 16.5. The minimum Gasteiger partial charge on any atom is -0.473 e. The van der Waals surface area contributed by atoms with E-state index in [1.54, 1.807) is 10.7 Å². The third kappa shape index (κ3) is 3.61. The zero-order valence-electron chi connectivity index (χ0n) is 11.4. The first kappa shape index (κ1) is 13.2. The molecule has 0 aliphatic rings. The fourth-order valence-electron chi connectivity index (χ4n) is 1.62. The molecule has 0 radical (unpaired) electrons. The first-order chi connectivity index (χ1) is 9.04. The number of nitrogens with one attached hydrogen (secondary N) is 1. The summed E-state index contributed by atoms with van der Waals surface area (Å²) in [6, 6.07) is 3.62. The van der Waals surface area contributed by atoms with Crippen LogP contribution in [0, 0.1) is 0 Å². The molecule has 0 aliphatic carbocycles. The number of anilines is 2. The zero-order chi connectivity index (χ0) is 13.8. The number of hydrogen-bond donors (Lipinski definition) is 2. The van der Waals surface area contributed by atoms with E-state index in [4.69, 9.17) is 10.5 Å². The molecule has 6 heteroatoms. The lowest BCUT2D eigenvalue weighted by atomic mass is 10.3. The van der Waals surface area contributed by atoms with Crippen LogP contribution in [0.3, 0.4) is 0 Å². The van der Waals surface area contributed by atoms with Crippen molar-refractivity contribution in [3.05, 3.63) is 30.1 Å². The van der Waals surface area contributed by atoms with Gasteiger partial charge in [0.1, 0.15) is 5.82 Å². The number of ether oxygens (including phenoxy) is 1. The lowest BCUT2D eigenvalue weighted by Crippen LogP contribution is -2.10. The molecule has 2 aromatic heterocycles. The first-order valence-electron chi connectivity index (χ1n) is 6.19. The van der Waals surface area contributed by atoms with E-state index in [9.17, 15) is 0 Å². The van der Waals surface area contributed by atoms with E-state index < -0.39 is 0 Å². The largest absolute Gasteiger partial charge is 0.473 e. The summed E-state index contributed by atoms with van der Waals surface area (Å²) >= 11 is 0. The minimum absolute atomic E-state index is 0.0448. The van der Waals surface area contributed by atoms with Crippen molar-refractivity contribution in [1.29, 1.82) is 0 Å². The lowest BCUT2D eigenvalue weighted by molar-refractivity contribution is 0.234. The van der Waals surface area contributed by atoms with Crippen LogP contribution >= 0.6 is 0 Å². The molecule has 0 unspecified atom stereocenters. The van der Waals surface area contributed by atoms with Gasteiger partial charge in [0.25, 0.3) is 0 Å². The van der Waals surface area contributed by atoms with Gasteiger partial charge in [0.2, 0.25) is 5.88 Å². The van der Waals surface area contributed by atoms with Crippen molar-refractivity contribution in [2.45, 2.75) is 26.5 Å². The van der Waals surface area contributed by atoms with Gasteiger partial charge in [-0.15, -0.1) is 0 Å². The topological polar surface area (TPSA) is 78.0 Å². The van der Waals surface area contributed by atoms with Crippen molar-refractivity contribution in [2.24, 2.45) is 7.05 Å². The lowest BCUT2D eigenvalue weighted by Gasteiger charge is -2.12. The summed E-state index contributed by atoms with van der Waals surface area (Å²) in [5.41, 5.74) is 7.45. The molecular weight excluding hydrogens is 242 g/mol. The fourth-order valence-corrected chi connectivity index (χ4v) is 1.62. The molecule has 102 valence electrons. The maximum absolute atomic E-state index is 5.82. The molecule has 0 bridgehead atoms. The summed E-state index contributed by atoms with van der Waals surface area (Å²) in [5, 5.41) is 7.33. The monoisotopic (exact) mass is 261 g/mol. The van der Waals surface area contributed by atoms with Gasteiger partial charge in [-0.25, -0.2) is 0 Å². The Labute approximate surface area is 112 Å². The number of aryl methyl sites for hydroxylation is 1. The Morgan fingerprint density at radius 1 is 1.42 bits per heavy atom. The van der Waals surface area contributed by atoms with Crippen LogP contribution in [0.4, 0.5) is 11.5 Å². The number of nitrogen functional groups attached to an aromatic ring is 1. The smallest absolute Gasteiger partial charge is 0.239 e. The Hall–Kier alpha value is -2.24. The van der Waals surface area contributed by atoms with E-state index >= 15 is 0 Å². The summed E-state index contributed by atoms with van der Waals surface area (Å²) < 4.78 is 7.31. The molecule has 2 heterocycles. The maximum atomic E-state index is 5.82. The molecule has 3 N–H and O–H groups in total. The standard InChI is InChI=1S/C13H19N5O/c1-9(2)19-13-11(14)4-5-12(17-13)15-6-10-7-16-18(3)8-10/h4-5,7-9H,6,14H2,1-3H3,(H,15,17). The van der Waals surface area contributed by atoms with Gasteiger partial charge in [-0.2, -0.15) is 10.1 Å². The van der Waals surface area contributed by atoms with E-state index in [1.165, 1.54) is 0 Å². The summed E-state index contributed by atoms with van der Waals surface area (Å²) in [5.74, 6) is 1.19. The van der Waals surface area contributed by atoms with E-state index in [0.29, 0.717) is 18.1 Å². The normalized spacial score (nSPS) is 10.7. The summed E-state index contributed by atoms with van der Waals surface area (Å²) in [6.07, 6.45) is 3.81. The van der Waals surface area contributed by atoms with Crippen LogP contribution in [-0.4, -0.2) is 20.9 Å². The number of pyridine rings is 1. The number of aromatic nitrogens is 3. The van der Waals surface area contributed by atoms with E-state index in [-0.39, 0.29) is 6.10 Å². The minimum atomic E-state index is 0.0448. The van der Waals surface area contributed by atoms with Crippen LogP contribution in [0.15, 0.2) is 24.5 Å². The third-order valence-corrected chi connectivity index (χ3v) is 2.47. The maximum Gasteiger partial charge on any atom is 0.239 e. The summed E-state index contributed by atoms with van der Waals surface area (Å²) in [4.78, 5) is 4.35. The highest BCUT2D eigenvalue weighted by molar-refractivity contribution is 5.53. The van der Waals surface area contributed by atoms with Crippen molar-refractivity contribution in [1.82, 2.24) is 14.8 Å². The second kappa shape index (κ2) is 5.60. The van der Waals surface area contributed by atoms with E-state index in [0.717, 1.165) is 11.4 Å². The summed E-state index contributed by atoms with van der Waals surface area (Å²) in [6.45, 7) is 4.54. The molecule has 0 fully saturated rings. The van der Waals surface area contributed by atoms with Gasteiger partial charge < -0.3 is 15.8 Å². The average Bonchev–Trinajstić information content (AvgIpc) is 2.75. The predicted octanol–water partition coefficient (Wildman–Crippen LogP) is 1.80. The zero-order valence-corrected chi connectivity index (χ0v) is 11.4. The molecule has 0 saturated heterocycles. The molecule has 0 spiro atoms. The quantitative estimate of drug-likeness (QED) is 0.858. The molecular formula is C13H19N5O. The molecule has 0 aromatic carbocycles. The number of nitrogens with zero attached hydrogens (tertiary/aromatic N) is 3. The van der Waals surface area contributed by atoms with Crippen LogP contribution < -0.4 is 15.8 Å². The van der Waals surface area contributed by atoms with Gasteiger partial charge >= 0.3 is 0 Å². The van der Waals surface area contributed by atoms with E-state index in [1.807, 2.05) is 39.4 Å². The van der Waals surface area contributed by atoms with Crippen molar-refractivity contribution in [3.8, 4) is 5.88 Å². The Morgan fingerprint density at radius 2 is 2.21 bits per heavy atom. The van der Waals surface area contributed by atoms with Gasteiger partial charge in [0.15, 0.2) is 0 Å².